The van der Waals surface area contributed by atoms with E-state index < -0.39 is 5.54 Å². The average Bonchev–Trinajstić information content (AvgIpc) is 2.61. The Bertz CT molecular complexity index is 589. The summed E-state index contributed by atoms with van der Waals surface area (Å²) in [5.41, 5.74) is -0.814. The minimum atomic E-state index is -0.814. The number of anilines is 1. The molecule has 1 aliphatic rings. The Morgan fingerprint density at radius 3 is 2.54 bits per heavy atom. The van der Waals surface area contributed by atoms with Crippen molar-refractivity contribution in [3.8, 4) is 6.07 Å². The quantitative estimate of drug-likeness (QED) is 0.774. The number of rotatable bonds is 5. The predicted octanol–water partition coefficient (Wildman–Crippen LogP) is -0.351. The molecule has 0 saturated carbocycles. The van der Waals surface area contributed by atoms with Crippen LogP contribution >= 0.6 is 0 Å². The first-order chi connectivity index (χ1) is 11.4. The van der Waals surface area contributed by atoms with E-state index >= 15 is 0 Å². The Labute approximate surface area is 144 Å². The fourth-order valence-electron chi connectivity index (χ4n) is 2.90. The van der Waals surface area contributed by atoms with Crippen LogP contribution in [0, 0.1) is 17.2 Å². The molecule has 0 aliphatic carbocycles. The van der Waals surface area contributed by atoms with E-state index in [0.29, 0.717) is 0 Å². The van der Waals surface area contributed by atoms with Gasteiger partial charge in [0.05, 0.1) is 12.3 Å². The fourth-order valence-corrected chi connectivity index (χ4v) is 2.90. The van der Waals surface area contributed by atoms with Crippen molar-refractivity contribution >= 4 is 11.7 Å². The summed E-state index contributed by atoms with van der Waals surface area (Å²) in [6.45, 7) is 11.3. The highest BCUT2D eigenvalue weighted by Crippen LogP contribution is 2.15. The molecular formula is C18H29N5O+2. The van der Waals surface area contributed by atoms with Gasteiger partial charge in [0.25, 0.3) is 11.7 Å². The SMILES string of the molecule is CC(C)[C@](C)(C#N)NC(=O)[C@@H](C)[NH+]1CCN(c2cccc[nH+]2)CC1. The Morgan fingerprint density at radius 1 is 1.38 bits per heavy atom. The molecule has 2 heterocycles. The third-order valence-corrected chi connectivity index (χ3v) is 5.21. The summed E-state index contributed by atoms with van der Waals surface area (Å²) in [4.78, 5) is 19.4. The number of quaternary nitrogens is 1. The predicted molar refractivity (Wildman–Crippen MR) is 92.4 cm³/mol. The van der Waals surface area contributed by atoms with E-state index in [1.54, 1.807) is 6.92 Å². The zero-order valence-electron chi connectivity index (χ0n) is 15.1. The average molecular weight is 331 g/mol. The molecule has 1 aliphatic heterocycles. The summed E-state index contributed by atoms with van der Waals surface area (Å²) in [7, 11) is 0. The van der Waals surface area contributed by atoms with Gasteiger partial charge >= 0.3 is 0 Å². The van der Waals surface area contributed by atoms with E-state index in [4.69, 9.17) is 0 Å². The Balaban J connectivity index is 1.92. The molecule has 0 bridgehead atoms. The third-order valence-electron chi connectivity index (χ3n) is 5.21. The molecule has 1 amide bonds. The monoisotopic (exact) mass is 331 g/mol. The number of carbonyl (C=O) groups excluding carboxylic acids is 1. The van der Waals surface area contributed by atoms with Gasteiger partial charge in [0.2, 0.25) is 0 Å². The molecule has 6 heteroatoms. The van der Waals surface area contributed by atoms with Crippen LogP contribution in [0.4, 0.5) is 5.82 Å². The van der Waals surface area contributed by atoms with Crippen molar-refractivity contribution in [2.24, 2.45) is 5.92 Å². The minimum Gasteiger partial charge on any atom is -0.333 e. The van der Waals surface area contributed by atoms with Crippen molar-refractivity contribution in [1.29, 1.82) is 5.26 Å². The van der Waals surface area contributed by atoms with Gasteiger partial charge in [-0.25, -0.2) is 4.98 Å². The number of nitrogens with one attached hydrogen (secondary N) is 3. The van der Waals surface area contributed by atoms with Gasteiger partial charge < -0.3 is 10.2 Å². The van der Waals surface area contributed by atoms with Gasteiger partial charge in [-0.05, 0) is 25.8 Å². The first kappa shape index (κ1) is 18.2. The molecule has 130 valence electrons. The molecular weight excluding hydrogens is 302 g/mol. The second kappa shape index (κ2) is 7.63. The number of amides is 1. The van der Waals surface area contributed by atoms with Crippen LogP contribution in [0.15, 0.2) is 24.4 Å². The lowest BCUT2D eigenvalue weighted by Crippen LogP contribution is -3.19. The smallest absolute Gasteiger partial charge is 0.279 e. The topological polar surface area (TPSA) is 74.7 Å². The van der Waals surface area contributed by atoms with Crippen LogP contribution in [0.25, 0.3) is 0 Å². The maximum absolute atomic E-state index is 12.6. The van der Waals surface area contributed by atoms with E-state index in [1.165, 1.54) is 4.90 Å². The number of aromatic nitrogens is 1. The molecule has 0 aromatic carbocycles. The van der Waals surface area contributed by atoms with Crippen LogP contribution in [-0.4, -0.2) is 43.7 Å². The van der Waals surface area contributed by atoms with E-state index in [2.05, 4.69) is 27.3 Å². The zero-order valence-corrected chi connectivity index (χ0v) is 15.1. The molecule has 2 rings (SSSR count). The number of hydrogen-bond donors (Lipinski definition) is 2. The summed E-state index contributed by atoms with van der Waals surface area (Å²) in [6, 6.07) is 8.15. The zero-order chi connectivity index (χ0) is 17.7. The summed E-state index contributed by atoms with van der Waals surface area (Å²) in [6.07, 6.45) is 1.93. The van der Waals surface area contributed by atoms with E-state index in [-0.39, 0.29) is 17.9 Å². The van der Waals surface area contributed by atoms with Gasteiger partial charge in [0, 0.05) is 6.07 Å². The molecule has 0 spiro atoms. The highest BCUT2D eigenvalue weighted by Gasteiger charge is 2.37. The second-order valence-corrected chi connectivity index (χ2v) is 7.07. The van der Waals surface area contributed by atoms with Gasteiger partial charge in [-0.15, -0.1) is 0 Å². The molecule has 3 N–H and O–H groups in total. The lowest BCUT2D eigenvalue weighted by Gasteiger charge is -2.34. The molecule has 0 radical (unpaired) electrons. The molecule has 24 heavy (non-hydrogen) atoms. The standard InChI is InChI=1S/C18H27N5O/c1-14(2)18(4,13-19)21-17(24)15(3)22-9-11-23(12-10-22)16-7-5-6-8-20-16/h5-8,14-15H,9-12H2,1-4H3,(H,21,24)/p+2/t15-,18+/m1/s1. The number of nitrogens with zero attached hydrogens (tertiary/aromatic N) is 2. The summed E-state index contributed by atoms with van der Waals surface area (Å²) >= 11 is 0. The number of piperazine rings is 1. The van der Waals surface area contributed by atoms with E-state index in [9.17, 15) is 10.1 Å². The normalized spacial score (nSPS) is 19.4. The van der Waals surface area contributed by atoms with Crippen molar-refractivity contribution in [3.05, 3.63) is 24.4 Å². The van der Waals surface area contributed by atoms with Crippen LogP contribution < -0.4 is 20.1 Å². The van der Waals surface area contributed by atoms with Gasteiger partial charge in [0.1, 0.15) is 31.7 Å². The Kier molecular flexibility index (Phi) is 5.79. The summed E-state index contributed by atoms with van der Waals surface area (Å²) in [5, 5.41) is 12.3. The summed E-state index contributed by atoms with van der Waals surface area (Å²) in [5.74, 6) is 1.15. The number of H-pyrrole nitrogens is 1. The Morgan fingerprint density at radius 2 is 2.04 bits per heavy atom. The first-order valence-corrected chi connectivity index (χ1v) is 8.67. The van der Waals surface area contributed by atoms with Gasteiger partial charge in [-0.1, -0.05) is 19.9 Å². The highest BCUT2D eigenvalue weighted by atomic mass is 16.2. The largest absolute Gasteiger partial charge is 0.333 e. The fraction of sp³-hybridized carbons (Fsp3) is 0.611. The number of carbonyl (C=O) groups is 1. The maximum atomic E-state index is 12.6. The highest BCUT2D eigenvalue weighted by molar-refractivity contribution is 5.81. The van der Waals surface area contributed by atoms with Gasteiger partial charge in [-0.3, -0.25) is 9.69 Å². The number of nitriles is 1. The lowest BCUT2D eigenvalue weighted by atomic mass is 9.89. The maximum Gasteiger partial charge on any atom is 0.279 e. The van der Waals surface area contributed by atoms with Crippen LogP contribution in [0.1, 0.15) is 27.7 Å². The lowest BCUT2D eigenvalue weighted by molar-refractivity contribution is -0.914. The summed E-state index contributed by atoms with van der Waals surface area (Å²) < 4.78 is 0. The van der Waals surface area contributed by atoms with E-state index in [1.807, 2.05) is 39.1 Å². The first-order valence-electron chi connectivity index (χ1n) is 8.67. The van der Waals surface area contributed by atoms with Crippen molar-refractivity contribution in [3.63, 3.8) is 0 Å². The minimum absolute atomic E-state index is 0.0394. The second-order valence-electron chi connectivity index (χ2n) is 7.07. The molecule has 6 nitrogen and oxygen atoms in total. The molecule has 2 atom stereocenters. The van der Waals surface area contributed by atoms with Crippen LogP contribution in [0.2, 0.25) is 0 Å². The number of hydrogen-bond acceptors (Lipinski definition) is 3. The number of pyridine rings is 1. The van der Waals surface area contributed by atoms with Crippen LogP contribution in [0.3, 0.4) is 0 Å². The molecule has 1 aromatic heterocycles. The molecule has 1 saturated heterocycles. The third kappa shape index (κ3) is 4.04. The van der Waals surface area contributed by atoms with Crippen molar-refractivity contribution in [2.45, 2.75) is 39.3 Å². The molecule has 1 aromatic rings. The van der Waals surface area contributed by atoms with Crippen molar-refractivity contribution < 1.29 is 14.7 Å². The van der Waals surface area contributed by atoms with Crippen molar-refractivity contribution in [2.75, 3.05) is 31.1 Å². The van der Waals surface area contributed by atoms with E-state index in [0.717, 1.165) is 32.0 Å². The van der Waals surface area contributed by atoms with Crippen LogP contribution in [-0.2, 0) is 4.79 Å². The van der Waals surface area contributed by atoms with Crippen molar-refractivity contribution in [1.82, 2.24) is 5.32 Å². The van der Waals surface area contributed by atoms with Gasteiger partial charge in [-0.2, -0.15) is 5.26 Å². The van der Waals surface area contributed by atoms with Gasteiger partial charge in [0.15, 0.2) is 6.04 Å². The number of aromatic amines is 1. The molecule has 0 unspecified atom stereocenters. The van der Waals surface area contributed by atoms with Crippen LogP contribution in [0.5, 0.6) is 0 Å². The Hall–Kier alpha value is -2.13. The molecule has 1 fully saturated rings.